The van der Waals surface area contributed by atoms with Crippen molar-refractivity contribution >= 4 is 56.4 Å². The van der Waals surface area contributed by atoms with Crippen LogP contribution in [0.1, 0.15) is 19.3 Å². The molecular formula is C12H7BrClNO3S. The van der Waals surface area contributed by atoms with Gasteiger partial charge in [0.1, 0.15) is 4.88 Å². The van der Waals surface area contributed by atoms with E-state index < -0.39 is 5.97 Å². The molecule has 2 N–H and O–H groups in total. The lowest BCUT2D eigenvalue weighted by atomic mass is 10.3. The number of amides is 1. The fourth-order valence-corrected chi connectivity index (χ4v) is 2.61. The summed E-state index contributed by atoms with van der Waals surface area (Å²) in [7, 11) is 0. The van der Waals surface area contributed by atoms with Crippen molar-refractivity contribution in [3.05, 3.63) is 49.6 Å². The second kappa shape index (κ2) is 5.73. The van der Waals surface area contributed by atoms with E-state index in [0.29, 0.717) is 20.1 Å². The number of halogens is 2. The Kier molecular flexibility index (Phi) is 4.24. The number of benzene rings is 1. The summed E-state index contributed by atoms with van der Waals surface area (Å²) in [6.45, 7) is 0. The molecule has 0 fully saturated rings. The summed E-state index contributed by atoms with van der Waals surface area (Å²) in [5.41, 5.74) is 0.530. The van der Waals surface area contributed by atoms with E-state index in [9.17, 15) is 9.59 Å². The van der Waals surface area contributed by atoms with Crippen molar-refractivity contribution in [3.63, 3.8) is 0 Å². The van der Waals surface area contributed by atoms with Gasteiger partial charge in [0.05, 0.1) is 10.6 Å². The molecule has 0 unspecified atom stereocenters. The Labute approximate surface area is 126 Å². The maximum Gasteiger partial charge on any atom is 0.345 e. The van der Waals surface area contributed by atoms with Gasteiger partial charge in [-0.25, -0.2) is 4.79 Å². The van der Waals surface area contributed by atoms with Gasteiger partial charge in [0.15, 0.2) is 0 Å². The second-order valence-corrected chi connectivity index (χ2v) is 5.92. The van der Waals surface area contributed by atoms with E-state index in [1.54, 1.807) is 18.2 Å². The number of carbonyl (C=O) groups excluding carboxylic acids is 1. The number of hydrogen-bond donors (Lipinski definition) is 2. The lowest BCUT2D eigenvalue weighted by Crippen LogP contribution is -2.10. The smallest absolute Gasteiger partial charge is 0.345 e. The van der Waals surface area contributed by atoms with Crippen molar-refractivity contribution in [1.82, 2.24) is 0 Å². The summed E-state index contributed by atoms with van der Waals surface area (Å²) in [4.78, 5) is 23.1. The maximum atomic E-state index is 12.0. The first-order valence-corrected chi connectivity index (χ1v) is 7.05. The van der Waals surface area contributed by atoms with Crippen molar-refractivity contribution in [2.24, 2.45) is 0 Å². The zero-order valence-corrected chi connectivity index (χ0v) is 12.5. The molecule has 1 amide bonds. The molecule has 1 aromatic heterocycles. The minimum atomic E-state index is -1.05. The highest BCUT2D eigenvalue weighted by molar-refractivity contribution is 9.10. The highest BCUT2D eigenvalue weighted by atomic mass is 79.9. The van der Waals surface area contributed by atoms with Crippen molar-refractivity contribution in [1.29, 1.82) is 0 Å². The monoisotopic (exact) mass is 359 g/mol. The second-order valence-electron chi connectivity index (χ2n) is 3.55. The molecule has 7 heteroatoms. The molecule has 1 heterocycles. The van der Waals surface area contributed by atoms with Crippen molar-refractivity contribution < 1.29 is 14.7 Å². The van der Waals surface area contributed by atoms with Crippen LogP contribution in [0.2, 0.25) is 5.02 Å². The standard InChI is InChI=1S/C12H7BrClNO3S/c13-7-2-1-6(14)5-8(7)15-11(16)9-3-4-10(19-9)12(17)18/h1-5H,(H,15,16)(H,17,18). The number of hydrogen-bond acceptors (Lipinski definition) is 3. The number of nitrogens with one attached hydrogen (secondary N) is 1. The highest BCUT2D eigenvalue weighted by Gasteiger charge is 2.14. The number of carbonyl (C=O) groups is 2. The molecule has 0 radical (unpaired) electrons. The topological polar surface area (TPSA) is 66.4 Å². The Hall–Kier alpha value is -1.37. The van der Waals surface area contributed by atoms with E-state index >= 15 is 0 Å². The molecule has 0 saturated heterocycles. The molecule has 0 aliphatic heterocycles. The SMILES string of the molecule is O=C(O)c1ccc(C(=O)Nc2cc(Cl)ccc2Br)s1. The van der Waals surface area contributed by atoms with Gasteiger partial charge in [0.25, 0.3) is 5.91 Å². The van der Waals surface area contributed by atoms with Crippen molar-refractivity contribution in [3.8, 4) is 0 Å². The number of aromatic carboxylic acids is 1. The van der Waals surface area contributed by atoms with Crippen molar-refractivity contribution in [2.75, 3.05) is 5.32 Å². The molecule has 0 spiro atoms. The molecule has 0 atom stereocenters. The third kappa shape index (κ3) is 3.34. The van der Waals surface area contributed by atoms with Gasteiger partial charge in [0, 0.05) is 9.50 Å². The van der Waals surface area contributed by atoms with Crippen LogP contribution in [0.15, 0.2) is 34.8 Å². The number of rotatable bonds is 3. The number of thiophene rings is 1. The van der Waals surface area contributed by atoms with Crippen LogP contribution in [-0.4, -0.2) is 17.0 Å². The normalized spacial score (nSPS) is 10.2. The van der Waals surface area contributed by atoms with Crippen LogP contribution in [-0.2, 0) is 0 Å². The maximum absolute atomic E-state index is 12.0. The fourth-order valence-electron chi connectivity index (χ4n) is 1.35. The third-order valence-electron chi connectivity index (χ3n) is 2.22. The third-order valence-corrected chi connectivity index (χ3v) is 4.22. The Morgan fingerprint density at radius 2 is 1.89 bits per heavy atom. The Morgan fingerprint density at radius 1 is 1.21 bits per heavy atom. The average Bonchev–Trinajstić information content (AvgIpc) is 2.83. The van der Waals surface area contributed by atoms with Gasteiger partial charge >= 0.3 is 5.97 Å². The zero-order valence-electron chi connectivity index (χ0n) is 9.31. The molecule has 0 bridgehead atoms. The van der Waals surface area contributed by atoms with Crippen LogP contribution < -0.4 is 5.32 Å². The first-order valence-electron chi connectivity index (χ1n) is 5.07. The van der Waals surface area contributed by atoms with Crippen LogP contribution in [0.3, 0.4) is 0 Å². The minimum Gasteiger partial charge on any atom is -0.477 e. The first kappa shape index (κ1) is 14.0. The largest absolute Gasteiger partial charge is 0.477 e. The number of carboxylic acids is 1. The van der Waals surface area contributed by atoms with Gasteiger partial charge in [-0.2, -0.15) is 0 Å². The Bertz CT molecular complexity index is 656. The zero-order chi connectivity index (χ0) is 14.0. The van der Waals surface area contributed by atoms with Crippen LogP contribution in [0.25, 0.3) is 0 Å². The van der Waals surface area contributed by atoms with E-state index in [4.69, 9.17) is 16.7 Å². The molecule has 2 aromatic rings. The van der Waals surface area contributed by atoms with E-state index in [-0.39, 0.29) is 10.8 Å². The molecule has 0 saturated carbocycles. The minimum absolute atomic E-state index is 0.121. The van der Waals surface area contributed by atoms with E-state index in [2.05, 4.69) is 21.2 Å². The van der Waals surface area contributed by atoms with Gasteiger partial charge in [-0.05, 0) is 46.3 Å². The summed E-state index contributed by atoms with van der Waals surface area (Å²) >= 11 is 10.1. The number of anilines is 1. The van der Waals surface area contributed by atoms with E-state index in [1.807, 2.05) is 0 Å². The molecule has 19 heavy (non-hydrogen) atoms. The predicted octanol–water partition coefficient (Wildman–Crippen LogP) is 4.11. The van der Waals surface area contributed by atoms with E-state index in [0.717, 1.165) is 11.3 Å². The van der Waals surface area contributed by atoms with Gasteiger partial charge in [0.2, 0.25) is 0 Å². The van der Waals surface area contributed by atoms with Crippen LogP contribution in [0, 0.1) is 0 Å². The van der Waals surface area contributed by atoms with Crippen LogP contribution in [0.4, 0.5) is 5.69 Å². The average molecular weight is 361 g/mol. The van der Waals surface area contributed by atoms with Gasteiger partial charge in [-0.15, -0.1) is 11.3 Å². The summed E-state index contributed by atoms with van der Waals surface area (Å²) in [6, 6.07) is 7.89. The molecular weight excluding hydrogens is 354 g/mol. The highest BCUT2D eigenvalue weighted by Crippen LogP contribution is 2.27. The summed E-state index contributed by atoms with van der Waals surface area (Å²) in [5.74, 6) is -1.42. The Balaban J connectivity index is 2.20. The van der Waals surface area contributed by atoms with Gasteiger partial charge < -0.3 is 10.4 Å². The summed E-state index contributed by atoms with van der Waals surface area (Å²) in [5, 5.41) is 12.0. The quantitative estimate of drug-likeness (QED) is 0.865. The predicted molar refractivity (Wildman–Crippen MR) is 78.4 cm³/mol. The first-order chi connectivity index (χ1) is 8.97. The van der Waals surface area contributed by atoms with Gasteiger partial charge in [-0.3, -0.25) is 4.79 Å². The summed E-state index contributed by atoms with van der Waals surface area (Å²) in [6.07, 6.45) is 0. The van der Waals surface area contributed by atoms with Crippen LogP contribution in [0.5, 0.6) is 0 Å². The number of carboxylic acid groups (broad SMARTS) is 1. The molecule has 1 aromatic carbocycles. The van der Waals surface area contributed by atoms with Crippen LogP contribution >= 0.6 is 38.9 Å². The lowest BCUT2D eigenvalue weighted by Gasteiger charge is -2.06. The van der Waals surface area contributed by atoms with Gasteiger partial charge in [-0.1, -0.05) is 11.6 Å². The lowest BCUT2D eigenvalue weighted by molar-refractivity contribution is 0.0702. The summed E-state index contributed by atoms with van der Waals surface area (Å²) < 4.78 is 0.695. The fraction of sp³-hybridized carbons (Fsp3) is 0. The molecule has 2 rings (SSSR count). The molecule has 0 aliphatic carbocycles. The van der Waals surface area contributed by atoms with Crippen molar-refractivity contribution in [2.45, 2.75) is 0 Å². The Morgan fingerprint density at radius 3 is 2.53 bits per heavy atom. The molecule has 98 valence electrons. The molecule has 4 nitrogen and oxygen atoms in total. The molecule has 0 aliphatic rings. The van der Waals surface area contributed by atoms with E-state index in [1.165, 1.54) is 12.1 Å².